The number of unbranched alkanes of at least 4 members (excludes halogenated alkanes) is 1. The maximum Gasteiger partial charge on any atom is 0.0514 e. The molecule has 1 nitrogen and oxygen atoms in total. The van der Waals surface area contributed by atoms with Crippen LogP contribution >= 0.6 is 0 Å². The Morgan fingerprint density at radius 1 is 0.281 bits per heavy atom. The molecule has 346 valence electrons. The predicted molar refractivity (Wildman–Crippen MR) is 270 cm³/mol. The van der Waals surface area contributed by atoms with Crippen molar-refractivity contribution in [2.24, 2.45) is 54.1 Å². The standard InChI is InChI=1S/C12H26.C12H22.C11H24.C11H22.C10H22O/c2*1-11(2,3)9-7-8-10-12(4,5)6;2*1-10(2,3)8-7-9-11(4,5)6;1-9(2,3)7-11-8-10(4,5)6/h7-10H2,1-6H3;7-10H,1-6H3;7-9H2,1-6H3;7-8H,9H2,1-6H3;7-8H2,1-6H3/b;9-7-,10-8-;;8-7-;. The van der Waals surface area contributed by atoms with Gasteiger partial charge in [0.2, 0.25) is 0 Å². The largest absolute Gasteiger partial charge is 0.380 e. The summed E-state index contributed by atoms with van der Waals surface area (Å²) in [5, 5.41) is 0. The van der Waals surface area contributed by atoms with E-state index >= 15 is 0 Å². The van der Waals surface area contributed by atoms with Gasteiger partial charge in [0.25, 0.3) is 0 Å². The summed E-state index contributed by atoms with van der Waals surface area (Å²) in [4.78, 5) is 0. The van der Waals surface area contributed by atoms with E-state index < -0.39 is 0 Å². The molecule has 0 aliphatic rings. The summed E-state index contributed by atoms with van der Waals surface area (Å²) < 4.78 is 5.56. The Kier molecular flexibility index (Phi) is 32.0. The average molecular weight is 806 g/mol. The summed E-state index contributed by atoms with van der Waals surface area (Å²) in [5.74, 6) is 0. The van der Waals surface area contributed by atoms with Crippen LogP contribution in [-0.2, 0) is 4.74 Å². The maximum absolute atomic E-state index is 5.56. The lowest BCUT2D eigenvalue weighted by molar-refractivity contribution is 0.0275. The second kappa shape index (κ2) is 27.9. The monoisotopic (exact) mass is 805 g/mol. The minimum Gasteiger partial charge on any atom is -0.380 e. The van der Waals surface area contributed by atoms with Gasteiger partial charge in [0.05, 0.1) is 13.2 Å². The topological polar surface area (TPSA) is 9.23 Å². The van der Waals surface area contributed by atoms with Crippen LogP contribution in [0, 0.1) is 54.1 Å². The Morgan fingerprint density at radius 2 is 0.526 bits per heavy atom. The molecule has 0 aromatic rings. The summed E-state index contributed by atoms with van der Waals surface area (Å²) in [5.41, 5.74) is 4.04. The Balaban J connectivity index is -0.000000198. The second-order valence-corrected chi connectivity index (χ2v) is 28.9. The van der Waals surface area contributed by atoms with E-state index in [9.17, 15) is 0 Å². The molecule has 0 aliphatic carbocycles. The number of allylic oxidation sites excluding steroid dienone is 6. The van der Waals surface area contributed by atoms with Crippen molar-refractivity contribution < 1.29 is 4.74 Å². The Bertz CT molecular complexity index is 909. The van der Waals surface area contributed by atoms with Crippen molar-refractivity contribution in [1.82, 2.24) is 0 Å². The maximum atomic E-state index is 5.56. The first kappa shape index (κ1) is 65.3. The molecule has 0 bridgehead atoms. The lowest BCUT2D eigenvalue weighted by Crippen LogP contribution is -2.21. The molecule has 0 saturated carbocycles. The highest BCUT2D eigenvalue weighted by atomic mass is 16.5. The van der Waals surface area contributed by atoms with E-state index in [1.807, 2.05) is 0 Å². The fraction of sp³-hybridized carbons (Fsp3) is 0.893. The molecule has 0 aromatic carbocycles. The molecule has 0 N–H and O–H groups in total. The van der Waals surface area contributed by atoms with Gasteiger partial charge in [0.1, 0.15) is 0 Å². The van der Waals surface area contributed by atoms with Gasteiger partial charge in [-0.2, -0.15) is 0 Å². The summed E-state index contributed by atoms with van der Waals surface area (Å²) in [6, 6.07) is 0. The summed E-state index contributed by atoms with van der Waals surface area (Å²) in [6.07, 6.45) is 24.0. The van der Waals surface area contributed by atoms with Crippen LogP contribution in [0.1, 0.15) is 259 Å². The molecule has 0 radical (unpaired) electrons. The van der Waals surface area contributed by atoms with Gasteiger partial charge in [0.15, 0.2) is 0 Å². The molecule has 0 rings (SSSR count). The SMILES string of the molecule is CC(C)(C)/C=C\C=C/C(C)(C)C.CC(C)(C)/C=C\CC(C)(C)C.CC(C)(C)CCCC(C)(C)C.CC(C)(C)CCCCC(C)(C)C.CC(C)(C)COCC(C)(C)C. The van der Waals surface area contributed by atoms with Gasteiger partial charge in [0, 0.05) is 0 Å². The van der Waals surface area contributed by atoms with Gasteiger partial charge in [-0.1, -0.05) is 263 Å². The van der Waals surface area contributed by atoms with Crippen LogP contribution in [-0.4, -0.2) is 13.2 Å². The molecule has 0 aromatic heterocycles. The molecule has 0 heterocycles. The lowest BCUT2D eigenvalue weighted by atomic mass is 9.84. The number of ether oxygens (including phenoxy) is 1. The van der Waals surface area contributed by atoms with Crippen LogP contribution in [0.4, 0.5) is 0 Å². The molecule has 0 atom stereocenters. The van der Waals surface area contributed by atoms with Crippen molar-refractivity contribution in [3.8, 4) is 0 Å². The van der Waals surface area contributed by atoms with Crippen LogP contribution in [0.25, 0.3) is 0 Å². The average Bonchev–Trinajstić information content (AvgIpc) is 2.84. The summed E-state index contributed by atoms with van der Waals surface area (Å²) in [7, 11) is 0. The van der Waals surface area contributed by atoms with Crippen molar-refractivity contribution >= 4 is 0 Å². The van der Waals surface area contributed by atoms with Crippen molar-refractivity contribution in [2.45, 2.75) is 259 Å². The molecular formula is C56H116O. The Labute approximate surface area is 366 Å². The zero-order valence-corrected chi connectivity index (χ0v) is 45.9. The van der Waals surface area contributed by atoms with Crippen LogP contribution in [0.2, 0.25) is 0 Å². The van der Waals surface area contributed by atoms with Crippen LogP contribution < -0.4 is 0 Å². The smallest absolute Gasteiger partial charge is 0.0514 e. The highest BCUT2D eigenvalue weighted by molar-refractivity contribution is 5.08. The molecule has 0 fully saturated rings. The van der Waals surface area contributed by atoms with Gasteiger partial charge in [-0.25, -0.2) is 0 Å². The van der Waals surface area contributed by atoms with Gasteiger partial charge < -0.3 is 4.74 Å². The minimum absolute atomic E-state index is 0.294. The Morgan fingerprint density at radius 3 is 0.719 bits per heavy atom. The fourth-order valence-electron chi connectivity index (χ4n) is 4.58. The van der Waals surface area contributed by atoms with Crippen molar-refractivity contribution in [1.29, 1.82) is 0 Å². The number of hydrogen-bond acceptors (Lipinski definition) is 1. The molecule has 57 heavy (non-hydrogen) atoms. The van der Waals surface area contributed by atoms with Crippen LogP contribution in [0.3, 0.4) is 0 Å². The fourth-order valence-corrected chi connectivity index (χ4v) is 4.58. The van der Waals surface area contributed by atoms with E-state index in [-0.39, 0.29) is 0 Å². The molecule has 1 heteroatoms. The normalized spacial score (nSPS) is 14.0. The highest BCUT2D eigenvalue weighted by Gasteiger charge is 2.16. The van der Waals surface area contributed by atoms with Crippen LogP contribution in [0.15, 0.2) is 36.5 Å². The number of hydrogen-bond donors (Lipinski definition) is 0. The molecule has 0 spiro atoms. The quantitative estimate of drug-likeness (QED) is 0.128. The minimum atomic E-state index is 0.294. The predicted octanol–water partition coefficient (Wildman–Crippen LogP) is 20.2. The van der Waals surface area contributed by atoms with E-state index in [1.165, 1.54) is 51.4 Å². The van der Waals surface area contributed by atoms with E-state index in [1.54, 1.807) is 0 Å². The van der Waals surface area contributed by atoms with Gasteiger partial charge in [-0.15, -0.1) is 0 Å². The van der Waals surface area contributed by atoms with E-state index in [2.05, 4.69) is 244 Å². The van der Waals surface area contributed by atoms with Gasteiger partial charge in [-0.3, -0.25) is 0 Å². The number of rotatable bonds is 9. The summed E-state index contributed by atoms with van der Waals surface area (Å²) in [6.45, 7) is 69.4. The van der Waals surface area contributed by atoms with Crippen molar-refractivity contribution in [3.63, 3.8) is 0 Å². The van der Waals surface area contributed by atoms with E-state index in [0.29, 0.717) is 54.1 Å². The molecule has 0 aliphatic heterocycles. The summed E-state index contributed by atoms with van der Waals surface area (Å²) >= 11 is 0. The first-order chi connectivity index (χ1) is 24.5. The first-order valence-electron chi connectivity index (χ1n) is 23.2. The lowest BCUT2D eigenvalue weighted by Gasteiger charge is -2.23. The highest BCUT2D eigenvalue weighted by Crippen LogP contribution is 2.29. The third-order valence-corrected chi connectivity index (χ3v) is 7.68. The van der Waals surface area contributed by atoms with E-state index in [0.717, 1.165) is 13.2 Å². The molecule has 0 amide bonds. The molecular weight excluding hydrogens is 689 g/mol. The van der Waals surface area contributed by atoms with Gasteiger partial charge in [-0.05, 0) is 86.3 Å². The molecule has 0 unspecified atom stereocenters. The molecule has 0 saturated heterocycles. The third kappa shape index (κ3) is 92.0. The Hall–Kier alpha value is -0.820. The van der Waals surface area contributed by atoms with E-state index in [4.69, 9.17) is 4.74 Å². The zero-order chi connectivity index (χ0) is 47.0. The first-order valence-corrected chi connectivity index (χ1v) is 23.2. The van der Waals surface area contributed by atoms with Crippen LogP contribution in [0.5, 0.6) is 0 Å². The zero-order valence-electron chi connectivity index (χ0n) is 45.9. The van der Waals surface area contributed by atoms with Gasteiger partial charge >= 0.3 is 0 Å². The van der Waals surface area contributed by atoms with Crippen molar-refractivity contribution in [3.05, 3.63) is 36.5 Å². The second-order valence-electron chi connectivity index (χ2n) is 28.9. The van der Waals surface area contributed by atoms with Crippen molar-refractivity contribution in [2.75, 3.05) is 13.2 Å². The third-order valence-electron chi connectivity index (χ3n) is 7.68.